The fourth-order valence-electron chi connectivity index (χ4n) is 7.20. The van der Waals surface area contributed by atoms with Crippen LogP contribution in [-0.4, -0.2) is 78.7 Å². The minimum atomic E-state index is -1.19. The van der Waals surface area contributed by atoms with E-state index >= 15 is 0 Å². The van der Waals surface area contributed by atoms with Gasteiger partial charge in [0.1, 0.15) is 23.8 Å². The van der Waals surface area contributed by atoms with Gasteiger partial charge in [-0.25, -0.2) is 9.78 Å². The Balaban J connectivity index is 1.56. The molecule has 0 radical (unpaired) electrons. The number of pyridine rings is 1. The van der Waals surface area contributed by atoms with Crippen molar-refractivity contribution in [2.75, 3.05) is 0 Å². The van der Waals surface area contributed by atoms with Crippen molar-refractivity contribution in [1.82, 2.24) is 25.2 Å². The van der Waals surface area contributed by atoms with E-state index in [1.54, 1.807) is 51.5 Å². The summed E-state index contributed by atoms with van der Waals surface area (Å²) in [6, 6.07) is 9.46. The molecule has 51 heavy (non-hydrogen) atoms. The maximum atomic E-state index is 14.6. The Hall–Kier alpha value is -4.78. The molecule has 0 bridgehead atoms. The van der Waals surface area contributed by atoms with Gasteiger partial charge >= 0.3 is 12.1 Å². The predicted molar refractivity (Wildman–Crippen MR) is 188 cm³/mol. The van der Waals surface area contributed by atoms with Crippen LogP contribution in [0.15, 0.2) is 67.4 Å². The molecule has 1 saturated heterocycles. The Morgan fingerprint density at radius 2 is 1.76 bits per heavy atom. The van der Waals surface area contributed by atoms with Gasteiger partial charge in [-0.15, -0.1) is 0 Å². The highest BCUT2D eigenvalue weighted by Crippen LogP contribution is 2.39. The summed E-state index contributed by atoms with van der Waals surface area (Å²) in [5.41, 5.74) is 6.74. The molecule has 3 aromatic rings. The topological polar surface area (TPSA) is 190 Å². The van der Waals surface area contributed by atoms with E-state index in [4.69, 9.17) is 15.2 Å². The SMILES string of the molecule is CC(C)(C)OC(=O)N([C@@H](Cc1ccccc1)C(=O)N[C@@H](Cc1cnc[nH]1)C(N)=O)[C@@H](CC1CCCCC1)[C@@H]1CC(C(O)c2ccncc2)C(=O)O1. The summed E-state index contributed by atoms with van der Waals surface area (Å²) < 4.78 is 12.1. The molecule has 1 aliphatic heterocycles. The molecule has 13 heteroatoms. The van der Waals surface area contributed by atoms with Crippen LogP contribution in [0.2, 0.25) is 0 Å². The summed E-state index contributed by atoms with van der Waals surface area (Å²) in [4.78, 5) is 67.7. The van der Waals surface area contributed by atoms with Crippen LogP contribution in [0.5, 0.6) is 0 Å². The number of carbonyl (C=O) groups excluding carboxylic acids is 4. The molecule has 1 aromatic carbocycles. The minimum absolute atomic E-state index is 0.0614. The van der Waals surface area contributed by atoms with E-state index in [2.05, 4.69) is 20.3 Å². The number of rotatable bonds is 14. The van der Waals surface area contributed by atoms with E-state index in [9.17, 15) is 24.3 Å². The fraction of sp³-hybridized carbons (Fsp3) is 0.526. The molecule has 3 heterocycles. The lowest BCUT2D eigenvalue weighted by Gasteiger charge is -2.42. The molecule has 13 nitrogen and oxygen atoms in total. The number of nitrogens with two attached hydrogens (primary N) is 1. The number of nitrogens with zero attached hydrogens (tertiary/aromatic N) is 3. The molecule has 3 amide bonds. The number of cyclic esters (lactones) is 1. The number of aliphatic hydroxyl groups is 1. The van der Waals surface area contributed by atoms with Crippen molar-refractivity contribution in [2.45, 2.75) is 114 Å². The van der Waals surface area contributed by atoms with Crippen molar-refractivity contribution in [3.63, 3.8) is 0 Å². The van der Waals surface area contributed by atoms with Gasteiger partial charge in [0.2, 0.25) is 11.8 Å². The van der Waals surface area contributed by atoms with Crippen molar-refractivity contribution in [3.8, 4) is 0 Å². The standard InChI is InChI=1S/C38H50N6O7/c1-38(2,3)51-37(49)44(31(19-25-12-8-5-9-13-25)35(47)43-29(34(39)46)20-27-22-41-23-42-27)30(18-24-10-6-4-7-11-24)32-21-28(36(48)50-32)33(45)26-14-16-40-17-15-26/h5,8-9,12-17,22-24,28-33,45H,4,6-7,10-11,18-21H2,1-3H3,(H2,39,46)(H,41,42)(H,43,47)/t28?,29-,30-,31-,32-,33?/m0/s1. The van der Waals surface area contributed by atoms with Crippen LogP contribution in [0, 0.1) is 11.8 Å². The number of aromatic amines is 1. The van der Waals surface area contributed by atoms with Gasteiger partial charge in [-0.1, -0.05) is 62.4 Å². The number of amides is 3. The summed E-state index contributed by atoms with van der Waals surface area (Å²) in [5, 5.41) is 14.1. The molecule has 2 unspecified atom stereocenters. The molecule has 2 aliphatic rings. The molecule has 1 aliphatic carbocycles. The minimum Gasteiger partial charge on any atom is -0.460 e. The number of nitrogens with one attached hydrogen (secondary N) is 2. The second-order valence-electron chi connectivity index (χ2n) is 14.7. The molecule has 274 valence electrons. The number of hydrogen-bond acceptors (Lipinski definition) is 9. The van der Waals surface area contributed by atoms with Gasteiger partial charge in [-0.05, 0) is 56.4 Å². The van der Waals surface area contributed by atoms with Gasteiger partial charge < -0.3 is 30.6 Å². The quantitative estimate of drug-likeness (QED) is 0.179. The molecule has 2 aromatic heterocycles. The number of carbonyl (C=O) groups is 4. The summed E-state index contributed by atoms with van der Waals surface area (Å²) in [6.07, 6.45) is 9.05. The Morgan fingerprint density at radius 3 is 2.39 bits per heavy atom. The molecule has 6 atom stereocenters. The van der Waals surface area contributed by atoms with Crippen LogP contribution >= 0.6 is 0 Å². The second kappa shape index (κ2) is 17.0. The highest BCUT2D eigenvalue weighted by Gasteiger charge is 2.49. The first-order valence-corrected chi connectivity index (χ1v) is 17.8. The average molecular weight is 703 g/mol. The first kappa shape index (κ1) is 37.5. The lowest BCUT2D eigenvalue weighted by molar-refractivity contribution is -0.150. The average Bonchev–Trinajstić information content (AvgIpc) is 3.77. The van der Waals surface area contributed by atoms with E-state index in [0.717, 1.165) is 37.7 Å². The molecule has 5 N–H and O–H groups in total. The molecular weight excluding hydrogens is 652 g/mol. The van der Waals surface area contributed by atoms with Crippen LogP contribution in [0.3, 0.4) is 0 Å². The number of primary amides is 1. The third kappa shape index (κ3) is 10.2. The predicted octanol–water partition coefficient (Wildman–Crippen LogP) is 4.17. The second-order valence-corrected chi connectivity index (χ2v) is 14.7. The number of esters is 1. The van der Waals surface area contributed by atoms with Gasteiger partial charge in [-0.3, -0.25) is 24.3 Å². The van der Waals surface area contributed by atoms with Crippen LogP contribution in [-0.2, 0) is 36.7 Å². The Morgan fingerprint density at radius 1 is 1.06 bits per heavy atom. The Bertz CT molecular complexity index is 1590. The van der Waals surface area contributed by atoms with E-state index in [-0.39, 0.29) is 25.2 Å². The molecule has 1 saturated carbocycles. The van der Waals surface area contributed by atoms with E-state index in [0.29, 0.717) is 17.7 Å². The highest BCUT2D eigenvalue weighted by molar-refractivity contribution is 5.91. The maximum Gasteiger partial charge on any atom is 0.411 e. The summed E-state index contributed by atoms with van der Waals surface area (Å²) in [7, 11) is 0. The first-order chi connectivity index (χ1) is 24.4. The van der Waals surface area contributed by atoms with E-state index in [1.165, 1.54) is 11.2 Å². The van der Waals surface area contributed by atoms with Crippen molar-refractivity contribution in [3.05, 3.63) is 84.2 Å². The summed E-state index contributed by atoms with van der Waals surface area (Å²) >= 11 is 0. The van der Waals surface area contributed by atoms with Crippen molar-refractivity contribution < 1.29 is 33.8 Å². The summed E-state index contributed by atoms with van der Waals surface area (Å²) in [5.74, 6) is -2.66. The number of aliphatic hydroxyl groups excluding tert-OH is 1. The molecule has 0 spiro atoms. The maximum absolute atomic E-state index is 14.6. The van der Waals surface area contributed by atoms with Crippen molar-refractivity contribution in [1.29, 1.82) is 0 Å². The van der Waals surface area contributed by atoms with Crippen LogP contribution in [0.4, 0.5) is 4.79 Å². The fourth-order valence-corrected chi connectivity index (χ4v) is 7.20. The highest BCUT2D eigenvalue weighted by atomic mass is 16.6. The third-order valence-electron chi connectivity index (χ3n) is 9.72. The van der Waals surface area contributed by atoms with Gasteiger partial charge in [0.05, 0.1) is 24.4 Å². The zero-order valence-corrected chi connectivity index (χ0v) is 29.6. The normalized spacial score (nSPS) is 20.4. The monoisotopic (exact) mass is 702 g/mol. The van der Waals surface area contributed by atoms with Gasteiger partial charge in [0.15, 0.2) is 0 Å². The molecule has 5 rings (SSSR count). The number of ether oxygens (including phenoxy) is 2. The van der Waals surface area contributed by atoms with Gasteiger partial charge in [0.25, 0.3) is 0 Å². The Kier molecular flexibility index (Phi) is 12.5. The smallest absolute Gasteiger partial charge is 0.411 e. The Labute approximate surface area is 298 Å². The van der Waals surface area contributed by atoms with E-state index in [1.807, 2.05) is 30.3 Å². The molecule has 2 fully saturated rings. The van der Waals surface area contributed by atoms with Crippen LogP contribution < -0.4 is 11.1 Å². The lowest BCUT2D eigenvalue weighted by atomic mass is 9.81. The molecular formula is C38H50N6O7. The number of hydrogen-bond donors (Lipinski definition) is 4. The zero-order chi connectivity index (χ0) is 36.5. The van der Waals surface area contributed by atoms with Crippen molar-refractivity contribution in [2.24, 2.45) is 17.6 Å². The number of benzene rings is 1. The number of H-pyrrole nitrogens is 1. The van der Waals surface area contributed by atoms with Gasteiger partial charge in [-0.2, -0.15) is 0 Å². The van der Waals surface area contributed by atoms with E-state index < -0.39 is 65.7 Å². The number of aromatic nitrogens is 3. The number of imidazole rings is 1. The summed E-state index contributed by atoms with van der Waals surface area (Å²) in [6.45, 7) is 5.24. The first-order valence-electron chi connectivity index (χ1n) is 17.8. The van der Waals surface area contributed by atoms with Crippen LogP contribution in [0.1, 0.15) is 88.6 Å². The van der Waals surface area contributed by atoms with Crippen LogP contribution in [0.25, 0.3) is 0 Å². The van der Waals surface area contributed by atoms with Gasteiger partial charge in [0, 0.05) is 43.5 Å². The zero-order valence-electron chi connectivity index (χ0n) is 29.6. The largest absolute Gasteiger partial charge is 0.460 e. The third-order valence-corrected chi connectivity index (χ3v) is 9.72. The lowest BCUT2D eigenvalue weighted by Crippen LogP contribution is -2.61. The van der Waals surface area contributed by atoms with Crippen molar-refractivity contribution >= 4 is 23.9 Å².